The number of aryl methyl sites for hydroxylation is 1. The van der Waals surface area contributed by atoms with Gasteiger partial charge in [-0.3, -0.25) is 9.78 Å². The van der Waals surface area contributed by atoms with Crippen LogP contribution in [0.25, 0.3) is 42.9 Å². The van der Waals surface area contributed by atoms with Crippen molar-refractivity contribution in [3.05, 3.63) is 88.6 Å². The topological polar surface area (TPSA) is 50.2 Å². The van der Waals surface area contributed by atoms with Gasteiger partial charge in [-0.05, 0) is 74.9 Å². The summed E-state index contributed by atoms with van der Waals surface area (Å²) in [5, 5.41) is 14.6. The van der Waals surface area contributed by atoms with Crippen LogP contribution in [0.1, 0.15) is 70.4 Å². The number of nitrogens with zero attached hydrogens (tertiary/aromatic N) is 1. The van der Waals surface area contributed by atoms with Gasteiger partial charge in [-0.25, -0.2) is 0 Å². The second-order valence-corrected chi connectivity index (χ2v) is 12.6. The largest absolute Gasteiger partial charge is 0.512 e. The molecule has 0 atom stereocenters. The van der Waals surface area contributed by atoms with Crippen LogP contribution >= 0.6 is 11.3 Å². The Morgan fingerprint density at radius 2 is 1.69 bits per heavy atom. The van der Waals surface area contributed by atoms with Crippen molar-refractivity contribution in [2.24, 2.45) is 0 Å². The third kappa shape index (κ3) is 6.84. The number of thiophene rings is 1. The normalized spacial score (nSPS) is 12.0. The molecule has 0 aliphatic rings. The van der Waals surface area contributed by atoms with Gasteiger partial charge in [0, 0.05) is 38.1 Å². The number of benzene rings is 3. The summed E-state index contributed by atoms with van der Waals surface area (Å²) >= 11 is 1.87. The van der Waals surface area contributed by atoms with Crippen molar-refractivity contribution in [2.75, 3.05) is 0 Å². The van der Waals surface area contributed by atoms with Crippen molar-refractivity contribution in [2.45, 2.75) is 66.7 Å². The minimum atomic E-state index is -0.125. The maximum Gasteiger partial charge on any atom is 0.155 e. The molecular weight excluding hydrogens is 679 g/mol. The van der Waals surface area contributed by atoms with Crippen LogP contribution in [0.5, 0.6) is 0 Å². The smallest absolute Gasteiger partial charge is 0.155 e. The van der Waals surface area contributed by atoms with Gasteiger partial charge in [0.25, 0.3) is 0 Å². The second-order valence-electron chi connectivity index (χ2n) is 11.3. The fraction of sp³-hybridized carbons (Fsp3) is 0.294. The third-order valence-corrected chi connectivity index (χ3v) is 7.67. The van der Waals surface area contributed by atoms with E-state index in [1.165, 1.54) is 67.6 Å². The summed E-state index contributed by atoms with van der Waals surface area (Å²) in [6.07, 6.45) is 3.11. The molecule has 0 saturated carbocycles. The first kappa shape index (κ1) is 30.7. The van der Waals surface area contributed by atoms with Crippen LogP contribution < -0.4 is 0 Å². The molecule has 39 heavy (non-hydrogen) atoms. The van der Waals surface area contributed by atoms with Gasteiger partial charge in [0.1, 0.15) is 0 Å². The fourth-order valence-corrected chi connectivity index (χ4v) is 5.96. The van der Waals surface area contributed by atoms with E-state index in [-0.39, 0.29) is 37.1 Å². The van der Waals surface area contributed by atoms with Crippen molar-refractivity contribution in [1.82, 2.24) is 4.98 Å². The molecule has 0 saturated heterocycles. The van der Waals surface area contributed by atoms with E-state index in [0.29, 0.717) is 5.92 Å². The first-order valence-electron chi connectivity index (χ1n) is 13.0. The zero-order chi connectivity index (χ0) is 27.8. The first-order chi connectivity index (χ1) is 17.8. The summed E-state index contributed by atoms with van der Waals surface area (Å²) in [5.41, 5.74) is 4.91. The molecule has 2 heterocycles. The Kier molecular flexibility index (Phi) is 9.54. The molecule has 0 spiro atoms. The Bertz CT molecular complexity index is 1690. The molecule has 3 nitrogen and oxygen atoms in total. The molecule has 2 aromatic heterocycles. The molecule has 0 fully saturated rings. The number of allylic oxidation sites excluding steroid dienone is 2. The van der Waals surface area contributed by atoms with E-state index in [1.54, 1.807) is 0 Å². The molecular formula is C34H36IrNO2S-. The number of fused-ring (bicyclic) bond motifs is 4. The quantitative estimate of drug-likeness (QED) is 0.0877. The molecule has 1 radical (unpaired) electrons. The number of carbonyl (C=O) groups is 1. The number of carbonyl (C=O) groups excluding carboxylic acids is 1. The van der Waals surface area contributed by atoms with E-state index in [0.717, 1.165) is 11.3 Å². The summed E-state index contributed by atoms with van der Waals surface area (Å²) in [5.74, 6) is 0.465. The van der Waals surface area contributed by atoms with Gasteiger partial charge in [-0.15, -0.1) is 23.6 Å². The van der Waals surface area contributed by atoms with Crippen molar-refractivity contribution in [1.29, 1.82) is 0 Å². The molecule has 205 valence electrons. The molecule has 0 amide bonds. The van der Waals surface area contributed by atoms with Gasteiger partial charge in [0.2, 0.25) is 0 Å². The van der Waals surface area contributed by atoms with Gasteiger partial charge >= 0.3 is 0 Å². The average molecular weight is 715 g/mol. The molecule has 0 bridgehead atoms. The van der Waals surface area contributed by atoms with E-state index >= 15 is 0 Å². The minimum Gasteiger partial charge on any atom is -0.512 e. The monoisotopic (exact) mass is 715 g/mol. The van der Waals surface area contributed by atoms with Crippen LogP contribution in [0.2, 0.25) is 0 Å². The number of aromatic nitrogens is 1. The number of aliphatic hydroxyl groups excluding tert-OH is 1. The molecule has 0 unspecified atom stereocenters. The van der Waals surface area contributed by atoms with Gasteiger partial charge < -0.3 is 5.11 Å². The number of ketones is 1. The predicted molar refractivity (Wildman–Crippen MR) is 163 cm³/mol. The Morgan fingerprint density at radius 1 is 1.00 bits per heavy atom. The van der Waals surface area contributed by atoms with Crippen LogP contribution in [0.4, 0.5) is 0 Å². The van der Waals surface area contributed by atoms with Crippen LogP contribution in [0, 0.1) is 13.0 Å². The molecule has 5 aromatic rings. The Labute approximate surface area is 249 Å². The number of rotatable bonds is 3. The van der Waals surface area contributed by atoms with Gasteiger partial charge in [-0.2, -0.15) is 11.3 Å². The standard InChI is InChI=1S/C29H28NS.C5H8O2.Ir/c1-17(2)19-7-9-23-20(14-19)8-10-25-24(23)11-12-30-27(25)21-15-22-13-18(3)31-28(22)26(16-21)29(4,5)6;1-4(6)3-5(2)7;/h7-14,16-17H,1-6H3;3,6H,1-2H3;/q-1;;/b;4-3-;. The first-order valence-corrected chi connectivity index (χ1v) is 13.8. The summed E-state index contributed by atoms with van der Waals surface area (Å²) in [6, 6.07) is 21.7. The SMILES string of the molecule is CC(=O)/C=C(/C)O.Cc1cc2[c-]c(-c3nccc4c3ccc3cc(C(C)C)ccc34)cc(C(C)(C)C)c2s1.[Ir]. The van der Waals surface area contributed by atoms with Crippen LogP contribution in [0.3, 0.4) is 0 Å². The van der Waals surface area contributed by atoms with Crippen molar-refractivity contribution in [3.63, 3.8) is 0 Å². The molecule has 5 heteroatoms. The van der Waals surface area contributed by atoms with Gasteiger partial charge in [-0.1, -0.05) is 76.1 Å². The molecule has 3 aromatic carbocycles. The minimum absolute atomic E-state index is 0. The summed E-state index contributed by atoms with van der Waals surface area (Å²) in [6.45, 7) is 16.4. The van der Waals surface area contributed by atoms with E-state index in [9.17, 15) is 4.79 Å². The summed E-state index contributed by atoms with van der Waals surface area (Å²) in [7, 11) is 0. The molecule has 0 aliphatic heterocycles. The fourth-order valence-electron chi connectivity index (χ4n) is 4.77. The summed E-state index contributed by atoms with van der Waals surface area (Å²) < 4.78 is 1.35. The van der Waals surface area contributed by atoms with E-state index in [1.807, 2.05) is 17.5 Å². The van der Waals surface area contributed by atoms with Crippen molar-refractivity contribution < 1.29 is 30.0 Å². The van der Waals surface area contributed by atoms with Crippen LogP contribution in [-0.4, -0.2) is 15.9 Å². The number of aliphatic hydroxyl groups is 1. The number of hydrogen-bond donors (Lipinski definition) is 1. The maximum absolute atomic E-state index is 10.0. The maximum atomic E-state index is 10.0. The zero-order valence-electron chi connectivity index (χ0n) is 23.9. The van der Waals surface area contributed by atoms with Gasteiger partial charge in [0.15, 0.2) is 5.78 Å². The Hall–Kier alpha value is -2.85. The predicted octanol–water partition coefficient (Wildman–Crippen LogP) is 9.83. The zero-order valence-corrected chi connectivity index (χ0v) is 27.1. The van der Waals surface area contributed by atoms with E-state index in [4.69, 9.17) is 10.1 Å². The molecule has 5 rings (SSSR count). The third-order valence-electron chi connectivity index (χ3n) is 6.59. The molecule has 1 N–H and O–H groups in total. The van der Waals surface area contributed by atoms with Gasteiger partial charge in [0.05, 0.1) is 5.76 Å². The average Bonchev–Trinajstić information content (AvgIpc) is 3.21. The van der Waals surface area contributed by atoms with E-state index < -0.39 is 0 Å². The number of hydrogen-bond acceptors (Lipinski definition) is 4. The Morgan fingerprint density at radius 3 is 2.28 bits per heavy atom. The second kappa shape index (κ2) is 12.1. The summed E-state index contributed by atoms with van der Waals surface area (Å²) in [4.78, 5) is 16.2. The molecule has 0 aliphatic carbocycles. The van der Waals surface area contributed by atoms with Crippen LogP contribution in [-0.2, 0) is 30.3 Å². The number of pyridine rings is 1. The Balaban J connectivity index is 0.000000468. The van der Waals surface area contributed by atoms with E-state index in [2.05, 4.69) is 96.1 Å². The van der Waals surface area contributed by atoms with Crippen LogP contribution in [0.15, 0.2) is 66.6 Å². The van der Waals surface area contributed by atoms with Crippen molar-refractivity contribution in [3.8, 4) is 11.3 Å². The van der Waals surface area contributed by atoms with Crippen molar-refractivity contribution >= 4 is 48.8 Å².